The van der Waals surface area contributed by atoms with Crippen molar-refractivity contribution in [2.24, 2.45) is 66.2 Å². The van der Waals surface area contributed by atoms with Gasteiger partial charge in [0, 0.05) is 40.3 Å². The largest absolute Gasteiger partial charge is 0.468 e. The predicted molar refractivity (Wildman–Crippen MR) is 528 cm³/mol. The van der Waals surface area contributed by atoms with Gasteiger partial charge in [-0.25, -0.2) is 51.6 Å². The van der Waals surface area contributed by atoms with Gasteiger partial charge in [-0.1, -0.05) is 384 Å². The predicted octanol–water partition coefficient (Wildman–Crippen LogP) is 26.8. The second-order valence-electron chi connectivity index (χ2n) is 47.9. The van der Waals surface area contributed by atoms with Gasteiger partial charge in [-0.2, -0.15) is 0 Å². The fourth-order valence-electron chi connectivity index (χ4n) is 8.96. The van der Waals surface area contributed by atoms with E-state index in [4.69, 9.17) is 9.47 Å². The third-order valence-electron chi connectivity index (χ3n) is 13.7. The summed E-state index contributed by atoms with van der Waals surface area (Å²) in [6.07, 6.45) is 10.7. The smallest absolute Gasteiger partial charge is 0.336 e. The van der Waals surface area contributed by atoms with E-state index < -0.39 is 34.1 Å². The summed E-state index contributed by atoms with van der Waals surface area (Å²) in [5.74, 6) is 0.841. The van der Waals surface area contributed by atoms with E-state index in [9.17, 15) is 28.8 Å². The highest BCUT2D eigenvalue weighted by Gasteiger charge is 2.20. The lowest BCUT2D eigenvalue weighted by Crippen LogP contribution is -2.54. The number of ether oxygens (including phenoxy) is 2. The third kappa shape index (κ3) is 78.0. The Morgan fingerprint density at radius 1 is 0.403 bits per heavy atom. The van der Waals surface area contributed by atoms with Crippen molar-refractivity contribution in [3.63, 3.8) is 0 Å². The van der Waals surface area contributed by atoms with Gasteiger partial charge in [0.1, 0.15) is 5.75 Å². The van der Waals surface area contributed by atoms with Crippen LogP contribution in [0.4, 0.5) is 0 Å². The Balaban J connectivity index is -0.000000306. The summed E-state index contributed by atoms with van der Waals surface area (Å²) in [6, 6.07) is 27.8. The summed E-state index contributed by atoms with van der Waals surface area (Å²) in [4.78, 5) is 79.8. The quantitative estimate of drug-likeness (QED) is 0.0730. The van der Waals surface area contributed by atoms with Crippen molar-refractivity contribution in [3.05, 3.63) is 178 Å². The average Bonchev–Trinajstić information content (AvgIpc) is 0.836. The van der Waals surface area contributed by atoms with E-state index in [1.54, 1.807) is 7.11 Å². The van der Waals surface area contributed by atoms with E-state index in [2.05, 4.69) is 392 Å². The number of aliphatic imine (C=N–C) groups is 1. The molecule has 0 fully saturated rings. The molecule has 3 heterocycles. The number of nitrogens with zero attached hydrogens (tertiary/aromatic N) is 7. The Bertz CT molecular complexity index is 3970. The highest BCUT2D eigenvalue weighted by Crippen LogP contribution is 2.31. The fourth-order valence-corrected chi connectivity index (χ4v) is 8.96. The molecule has 1 aliphatic heterocycles. The number of fused-ring (bicyclic) bond motifs is 2. The van der Waals surface area contributed by atoms with Gasteiger partial charge in [0.15, 0.2) is 6.79 Å². The minimum absolute atomic E-state index is 0. The van der Waals surface area contributed by atoms with Crippen LogP contribution < -0.4 is 38.9 Å². The van der Waals surface area contributed by atoms with Gasteiger partial charge in [0.05, 0.1) is 26.0 Å². The number of H-pyrrole nitrogens is 1. The van der Waals surface area contributed by atoms with Gasteiger partial charge >= 0.3 is 34.1 Å². The third-order valence-corrected chi connectivity index (χ3v) is 13.7. The molecular formula is C103H188N8O8. The van der Waals surface area contributed by atoms with Gasteiger partial charge in [0.25, 0.3) is 0 Å². The lowest BCUT2D eigenvalue weighted by molar-refractivity contribution is 0.0512. The molecule has 7 rings (SSSR count). The minimum Gasteiger partial charge on any atom is -0.468 e. The van der Waals surface area contributed by atoms with E-state index in [1.807, 2.05) is 18.5 Å². The SMILES string of the molecule is C.C=CCn1c(=O)n(CC=C)c(=O)n(CCCC(C)(C)C)c1=O.CC(C)(C)C.CC(C)(C)C.CC(C)(C)C.CC(C)(C)C.CC(C)(C)C.CC(C)(C)C.CC(C)(C)C.CC(C)(C)CCCN1C=NCC1.CC(C)(C)c1cccc2ccccc12.COCOc1ccc2cc(C(C)(C)C)ccc2c1.Cn1c(=O)[nH]c(=O)n(CCCC(C)(C)C)c1=O. The van der Waals surface area contributed by atoms with Crippen molar-refractivity contribution >= 4 is 27.9 Å². The Morgan fingerprint density at radius 3 is 1.11 bits per heavy atom. The molecule has 0 spiro atoms. The van der Waals surface area contributed by atoms with Crippen LogP contribution in [0.15, 0.2) is 138 Å². The van der Waals surface area contributed by atoms with Gasteiger partial charge in [-0.05, 0) is 148 Å². The van der Waals surface area contributed by atoms with E-state index in [0.717, 1.165) is 60.9 Å². The molecule has 6 aromatic rings. The van der Waals surface area contributed by atoms with Crippen LogP contribution in [0, 0.1) is 54.1 Å². The molecule has 1 N–H and O–H groups in total. The number of benzene rings is 4. The Labute approximate surface area is 730 Å². The van der Waals surface area contributed by atoms with Crippen LogP contribution in [-0.4, -0.2) is 72.6 Å². The Hall–Kier alpha value is -7.07. The van der Waals surface area contributed by atoms with Crippen molar-refractivity contribution in [3.8, 4) is 5.75 Å². The summed E-state index contributed by atoms with van der Waals surface area (Å²) in [5, 5.41) is 5.14. The Kier molecular flexibility index (Phi) is 56.9. The maximum atomic E-state index is 12.4. The number of hydrogen-bond donors (Lipinski definition) is 1. The number of methoxy groups -OCH3 is 1. The highest BCUT2D eigenvalue weighted by atomic mass is 16.7. The average molecular weight is 1670 g/mol. The topological polar surface area (TPSA) is 177 Å². The molecule has 688 valence electrons. The van der Waals surface area contributed by atoms with Gasteiger partial charge in [-0.3, -0.25) is 9.98 Å². The summed E-state index contributed by atoms with van der Waals surface area (Å²) in [7, 11) is 2.97. The monoisotopic (exact) mass is 1670 g/mol. The number of rotatable bonds is 16. The number of aromatic amines is 1. The second kappa shape index (κ2) is 55.1. The zero-order chi connectivity index (χ0) is 94.0. The first-order valence-corrected chi connectivity index (χ1v) is 43.1. The minimum atomic E-state index is -0.674. The molecule has 0 atom stereocenters. The zero-order valence-corrected chi connectivity index (χ0v) is 84.9. The van der Waals surface area contributed by atoms with Gasteiger partial charge in [0.2, 0.25) is 0 Å². The number of aromatic nitrogens is 6. The standard InChI is InChI=1S/C16H25N3O3.C16H20O2.C14H16.C11H19N3O3.C10H20N2.7C5H12.CH4/c1-6-10-17-13(20)18(11-7-2)15(22)19(14(17)21)12-8-9-16(3,4)5;1-16(2,3)14-7-5-13-10-15(18-11-17-4)8-6-12(13)9-14;1-14(2,3)13-10-6-8-11-7-4-5-9-12(11)13;1-11(2,3)6-5-7-14-9(16)12-8(15)13(4)10(14)17;1-10(2,3)5-4-7-12-8-6-11-9-12;7*1-5(2,3)4;/h6-7H,1-2,8-12H2,3-5H3;5-10H,11H2,1-4H3;4-10H,1-3H3;5-7H2,1-4H3,(H,12,15,16);9H,4-8H2,1-3H3;7*1-4H3;1H4. The molecule has 16 heteroatoms. The van der Waals surface area contributed by atoms with Crippen LogP contribution in [0.1, 0.15) is 355 Å². The molecule has 0 bridgehead atoms. The van der Waals surface area contributed by atoms with E-state index in [-0.39, 0.29) is 49.0 Å². The zero-order valence-electron chi connectivity index (χ0n) is 84.9. The lowest BCUT2D eigenvalue weighted by atomic mass is 9.84. The van der Waals surface area contributed by atoms with Crippen molar-refractivity contribution in [1.29, 1.82) is 0 Å². The highest BCUT2D eigenvalue weighted by molar-refractivity contribution is 5.86. The first-order chi connectivity index (χ1) is 52.6. The number of hydrogen-bond acceptors (Lipinski definition) is 10. The molecule has 4 aromatic carbocycles. The summed E-state index contributed by atoms with van der Waals surface area (Å²) < 4.78 is 15.5. The molecule has 16 nitrogen and oxygen atoms in total. The molecule has 2 aromatic heterocycles. The Morgan fingerprint density at radius 2 is 0.756 bits per heavy atom. The molecule has 119 heavy (non-hydrogen) atoms. The van der Waals surface area contributed by atoms with Crippen LogP contribution in [0.5, 0.6) is 5.75 Å². The normalized spacial score (nSPS) is 12.3. The first kappa shape index (κ1) is 123. The molecule has 0 radical (unpaired) electrons. The van der Waals surface area contributed by atoms with Gasteiger partial charge in [-0.15, -0.1) is 13.2 Å². The molecule has 0 saturated heterocycles. The van der Waals surface area contributed by atoms with Crippen LogP contribution in [0.2, 0.25) is 0 Å². The van der Waals surface area contributed by atoms with Crippen molar-refractivity contribution < 1.29 is 9.47 Å². The van der Waals surface area contributed by atoms with Crippen molar-refractivity contribution in [1.82, 2.24) is 32.7 Å². The van der Waals surface area contributed by atoms with Crippen molar-refractivity contribution in [2.45, 2.75) is 381 Å². The van der Waals surface area contributed by atoms with E-state index in [0.29, 0.717) is 62.8 Å². The summed E-state index contributed by atoms with van der Waals surface area (Å²) in [5.41, 5.74) is 3.80. The fraction of sp³-hybridized carbons (Fsp3) is 0.699. The second-order valence-corrected chi connectivity index (χ2v) is 47.9. The van der Waals surface area contributed by atoms with Crippen LogP contribution >= 0.6 is 0 Å². The first-order valence-electron chi connectivity index (χ1n) is 43.1. The van der Waals surface area contributed by atoms with Gasteiger partial charge < -0.3 is 14.4 Å². The number of nitrogens with one attached hydrogen (secondary N) is 1. The number of allylic oxidation sites excluding steroid dienone is 2. The van der Waals surface area contributed by atoms with E-state index in [1.165, 1.54) is 71.3 Å². The maximum absolute atomic E-state index is 12.4. The molecule has 1 aliphatic rings. The maximum Gasteiger partial charge on any atom is 0.336 e. The molecule has 0 aliphatic carbocycles. The van der Waals surface area contributed by atoms with E-state index >= 15 is 0 Å². The molecule has 0 amide bonds. The van der Waals surface area contributed by atoms with Crippen LogP contribution in [0.3, 0.4) is 0 Å². The molecule has 0 unspecified atom stereocenters. The molecular weight excluding hydrogens is 1480 g/mol. The summed E-state index contributed by atoms with van der Waals surface area (Å²) >= 11 is 0. The van der Waals surface area contributed by atoms with Crippen LogP contribution in [0.25, 0.3) is 21.5 Å². The summed E-state index contributed by atoms with van der Waals surface area (Å²) in [6.45, 7) is 106. The van der Waals surface area contributed by atoms with Crippen LogP contribution in [-0.2, 0) is 48.8 Å². The lowest BCUT2D eigenvalue weighted by Gasteiger charge is -2.21. The van der Waals surface area contributed by atoms with Crippen molar-refractivity contribution in [2.75, 3.05) is 33.5 Å². The molecule has 0 saturated carbocycles.